The van der Waals surface area contributed by atoms with E-state index in [0.29, 0.717) is 19.5 Å². The lowest BCUT2D eigenvalue weighted by molar-refractivity contribution is 0.0949. The van der Waals surface area contributed by atoms with Crippen LogP contribution in [0, 0.1) is 5.82 Å². The van der Waals surface area contributed by atoms with Crippen molar-refractivity contribution in [3.8, 4) is 0 Å². The van der Waals surface area contributed by atoms with Gasteiger partial charge in [0.1, 0.15) is 0 Å². The van der Waals surface area contributed by atoms with E-state index in [4.69, 9.17) is 5.73 Å². The largest absolute Gasteiger partial charge is 0.352 e. The van der Waals surface area contributed by atoms with Gasteiger partial charge in [0.15, 0.2) is 5.82 Å². The Balaban J connectivity index is 2.56. The van der Waals surface area contributed by atoms with Gasteiger partial charge in [-0.05, 0) is 19.0 Å². The number of hydrogen-bond acceptors (Lipinski definition) is 3. The SMILES string of the molecule is NCCCNC(=O)c1ccncc1F. The summed E-state index contributed by atoms with van der Waals surface area (Å²) in [5.74, 6) is -1.05. The van der Waals surface area contributed by atoms with Crippen LogP contribution in [0.5, 0.6) is 0 Å². The Bertz CT molecular complexity index is 317. The van der Waals surface area contributed by atoms with Gasteiger partial charge in [0, 0.05) is 12.7 Å². The molecule has 1 heterocycles. The molecule has 0 saturated heterocycles. The Kier molecular flexibility index (Phi) is 4.00. The molecular formula is C9H12FN3O. The van der Waals surface area contributed by atoms with E-state index in [1.165, 1.54) is 12.3 Å². The maximum atomic E-state index is 13.0. The normalized spacial score (nSPS) is 9.86. The summed E-state index contributed by atoms with van der Waals surface area (Å²) >= 11 is 0. The zero-order valence-electron chi connectivity index (χ0n) is 7.66. The maximum Gasteiger partial charge on any atom is 0.254 e. The number of carbonyl (C=O) groups excluding carboxylic acids is 1. The van der Waals surface area contributed by atoms with Crippen LogP contribution in [0.2, 0.25) is 0 Å². The Morgan fingerprint density at radius 1 is 1.64 bits per heavy atom. The zero-order chi connectivity index (χ0) is 10.4. The predicted molar refractivity (Wildman–Crippen MR) is 50.2 cm³/mol. The molecule has 0 atom stereocenters. The first-order valence-corrected chi connectivity index (χ1v) is 4.33. The first kappa shape index (κ1) is 10.6. The fourth-order valence-electron chi connectivity index (χ4n) is 0.959. The summed E-state index contributed by atoms with van der Waals surface area (Å²) in [6.45, 7) is 0.955. The van der Waals surface area contributed by atoms with E-state index in [9.17, 15) is 9.18 Å². The van der Waals surface area contributed by atoms with Crippen LogP contribution in [0.15, 0.2) is 18.5 Å². The van der Waals surface area contributed by atoms with Crippen LogP contribution in [-0.4, -0.2) is 24.0 Å². The van der Waals surface area contributed by atoms with Crippen LogP contribution in [0.3, 0.4) is 0 Å². The molecule has 0 fully saturated rings. The van der Waals surface area contributed by atoms with Crippen LogP contribution in [-0.2, 0) is 0 Å². The lowest BCUT2D eigenvalue weighted by Gasteiger charge is -2.04. The Morgan fingerprint density at radius 2 is 2.43 bits per heavy atom. The summed E-state index contributed by atoms with van der Waals surface area (Å²) in [4.78, 5) is 14.9. The highest BCUT2D eigenvalue weighted by Gasteiger charge is 2.09. The fraction of sp³-hybridized carbons (Fsp3) is 0.333. The first-order chi connectivity index (χ1) is 6.75. The number of nitrogens with zero attached hydrogens (tertiary/aromatic N) is 1. The molecule has 3 N–H and O–H groups in total. The quantitative estimate of drug-likeness (QED) is 0.682. The molecule has 1 rings (SSSR count). The highest BCUT2D eigenvalue weighted by Crippen LogP contribution is 2.03. The van der Waals surface area contributed by atoms with Crippen LogP contribution < -0.4 is 11.1 Å². The van der Waals surface area contributed by atoms with Crippen LogP contribution in [0.25, 0.3) is 0 Å². The molecule has 1 amide bonds. The van der Waals surface area contributed by atoms with E-state index in [0.717, 1.165) is 6.20 Å². The number of aromatic nitrogens is 1. The van der Waals surface area contributed by atoms with E-state index in [2.05, 4.69) is 10.3 Å². The van der Waals surface area contributed by atoms with Gasteiger partial charge in [-0.1, -0.05) is 0 Å². The molecule has 4 nitrogen and oxygen atoms in total. The van der Waals surface area contributed by atoms with Gasteiger partial charge in [-0.2, -0.15) is 0 Å². The molecule has 0 unspecified atom stereocenters. The number of halogens is 1. The zero-order valence-corrected chi connectivity index (χ0v) is 7.66. The molecule has 0 bridgehead atoms. The molecule has 5 heteroatoms. The average molecular weight is 197 g/mol. The van der Waals surface area contributed by atoms with Gasteiger partial charge in [-0.15, -0.1) is 0 Å². The van der Waals surface area contributed by atoms with Crippen molar-refractivity contribution >= 4 is 5.91 Å². The molecule has 14 heavy (non-hydrogen) atoms. The summed E-state index contributed by atoms with van der Waals surface area (Å²) in [5, 5.41) is 2.55. The minimum absolute atomic E-state index is 0.0111. The number of pyridine rings is 1. The van der Waals surface area contributed by atoms with Crippen molar-refractivity contribution in [2.24, 2.45) is 5.73 Å². The average Bonchev–Trinajstić information content (AvgIpc) is 2.18. The van der Waals surface area contributed by atoms with Crippen LogP contribution in [0.1, 0.15) is 16.8 Å². The number of nitrogens with two attached hydrogens (primary N) is 1. The highest BCUT2D eigenvalue weighted by atomic mass is 19.1. The third-order valence-electron chi connectivity index (χ3n) is 1.68. The van der Waals surface area contributed by atoms with E-state index in [-0.39, 0.29) is 5.56 Å². The standard InChI is InChI=1S/C9H12FN3O/c10-8-6-12-5-2-7(8)9(14)13-4-1-3-11/h2,5-6H,1,3-4,11H2,(H,13,14). The number of nitrogens with one attached hydrogen (secondary N) is 1. The van der Waals surface area contributed by atoms with Crippen molar-refractivity contribution in [3.63, 3.8) is 0 Å². The van der Waals surface area contributed by atoms with E-state index in [1.54, 1.807) is 0 Å². The second-order valence-corrected chi connectivity index (χ2v) is 2.75. The summed E-state index contributed by atoms with van der Waals surface area (Å²) in [7, 11) is 0. The Hall–Kier alpha value is -1.49. The lowest BCUT2D eigenvalue weighted by atomic mass is 10.2. The van der Waals surface area contributed by atoms with E-state index in [1.807, 2.05) is 0 Å². The molecule has 0 aliphatic carbocycles. The minimum atomic E-state index is -0.613. The van der Waals surface area contributed by atoms with Gasteiger partial charge in [0.25, 0.3) is 5.91 Å². The van der Waals surface area contributed by atoms with Gasteiger partial charge < -0.3 is 11.1 Å². The third-order valence-corrected chi connectivity index (χ3v) is 1.68. The second-order valence-electron chi connectivity index (χ2n) is 2.75. The summed E-state index contributed by atoms with van der Waals surface area (Å²) in [6.07, 6.45) is 3.07. The van der Waals surface area contributed by atoms with Gasteiger partial charge in [0.2, 0.25) is 0 Å². The van der Waals surface area contributed by atoms with Crippen molar-refractivity contribution in [1.82, 2.24) is 10.3 Å². The van der Waals surface area contributed by atoms with Gasteiger partial charge in [0.05, 0.1) is 11.8 Å². The van der Waals surface area contributed by atoms with E-state index < -0.39 is 11.7 Å². The van der Waals surface area contributed by atoms with Crippen molar-refractivity contribution in [1.29, 1.82) is 0 Å². The monoisotopic (exact) mass is 197 g/mol. The van der Waals surface area contributed by atoms with Gasteiger partial charge in [-0.25, -0.2) is 4.39 Å². The predicted octanol–water partition coefficient (Wildman–Crippen LogP) is 0.299. The third kappa shape index (κ3) is 2.77. The summed E-state index contributed by atoms with van der Waals surface area (Å²) < 4.78 is 13.0. The van der Waals surface area contributed by atoms with Crippen molar-refractivity contribution in [2.45, 2.75) is 6.42 Å². The maximum absolute atomic E-state index is 13.0. The van der Waals surface area contributed by atoms with Crippen molar-refractivity contribution < 1.29 is 9.18 Å². The summed E-state index contributed by atoms with van der Waals surface area (Å²) in [6, 6.07) is 1.34. The lowest BCUT2D eigenvalue weighted by Crippen LogP contribution is -2.26. The fourth-order valence-corrected chi connectivity index (χ4v) is 0.959. The van der Waals surface area contributed by atoms with Crippen molar-refractivity contribution in [2.75, 3.05) is 13.1 Å². The van der Waals surface area contributed by atoms with E-state index >= 15 is 0 Å². The Labute approximate surface area is 81.3 Å². The molecule has 1 aromatic rings. The Morgan fingerprint density at radius 3 is 3.07 bits per heavy atom. The smallest absolute Gasteiger partial charge is 0.254 e. The molecule has 0 saturated carbocycles. The summed E-state index contributed by atoms with van der Waals surface area (Å²) in [5.41, 5.74) is 5.26. The van der Waals surface area contributed by atoms with Crippen molar-refractivity contribution in [3.05, 3.63) is 29.8 Å². The first-order valence-electron chi connectivity index (χ1n) is 4.33. The number of hydrogen-bond donors (Lipinski definition) is 2. The van der Waals surface area contributed by atoms with Crippen LogP contribution in [0.4, 0.5) is 4.39 Å². The number of carbonyl (C=O) groups is 1. The second kappa shape index (κ2) is 5.29. The molecule has 0 radical (unpaired) electrons. The molecule has 0 spiro atoms. The molecule has 76 valence electrons. The van der Waals surface area contributed by atoms with Gasteiger partial charge >= 0.3 is 0 Å². The van der Waals surface area contributed by atoms with Crippen LogP contribution >= 0.6 is 0 Å². The molecule has 0 aromatic carbocycles. The molecule has 1 aromatic heterocycles. The topological polar surface area (TPSA) is 68.0 Å². The number of rotatable bonds is 4. The minimum Gasteiger partial charge on any atom is -0.352 e. The van der Waals surface area contributed by atoms with Gasteiger partial charge in [-0.3, -0.25) is 9.78 Å². The molecule has 0 aliphatic rings. The molecule has 0 aliphatic heterocycles. The number of amides is 1. The molecular weight excluding hydrogens is 185 g/mol. The highest BCUT2D eigenvalue weighted by molar-refractivity contribution is 5.94.